The van der Waals surface area contributed by atoms with E-state index in [9.17, 15) is 9.59 Å². The molecule has 0 aliphatic carbocycles. The molecule has 0 radical (unpaired) electrons. The van der Waals surface area contributed by atoms with Gasteiger partial charge in [-0.15, -0.1) is 0 Å². The van der Waals surface area contributed by atoms with Crippen LogP contribution in [0.5, 0.6) is 5.75 Å². The normalized spacial score (nSPS) is 10.5. The summed E-state index contributed by atoms with van der Waals surface area (Å²) in [6.07, 6.45) is -0.0608. The highest BCUT2D eigenvalue weighted by atomic mass is 79.9. The average Bonchev–Trinajstić information content (AvgIpc) is 2.74. The number of ether oxygens (including phenoxy) is 1. The fourth-order valence-corrected chi connectivity index (χ4v) is 3.21. The Bertz CT molecular complexity index is 1040. The maximum Gasteiger partial charge on any atom is 0.259 e. The maximum atomic E-state index is 12.8. The second kappa shape index (κ2) is 10.1. The Morgan fingerprint density at radius 1 is 0.933 bits per heavy atom. The van der Waals surface area contributed by atoms with Gasteiger partial charge < -0.3 is 15.4 Å². The zero-order valence-electron chi connectivity index (χ0n) is 16.8. The lowest BCUT2D eigenvalue weighted by atomic mass is 10.1. The van der Waals surface area contributed by atoms with Gasteiger partial charge in [-0.3, -0.25) is 9.59 Å². The molecule has 0 aliphatic rings. The summed E-state index contributed by atoms with van der Waals surface area (Å²) in [6.45, 7) is 4.24. The van der Waals surface area contributed by atoms with Gasteiger partial charge >= 0.3 is 0 Å². The Morgan fingerprint density at radius 2 is 1.70 bits per heavy atom. The molecule has 0 saturated carbocycles. The molecule has 0 bridgehead atoms. The van der Waals surface area contributed by atoms with Gasteiger partial charge in [0, 0.05) is 22.3 Å². The van der Waals surface area contributed by atoms with Crippen molar-refractivity contribution in [2.24, 2.45) is 0 Å². The lowest BCUT2D eigenvalue weighted by molar-refractivity contribution is 0.0949. The first-order valence-electron chi connectivity index (χ1n) is 9.62. The molecule has 154 valence electrons. The topological polar surface area (TPSA) is 67.4 Å². The molecular formula is C24H23BrN2O3. The fraction of sp³-hybridized carbons (Fsp3) is 0.167. The minimum Gasteiger partial charge on any atom is -0.490 e. The standard InChI is InChI=1S/C24H23BrN2O3/c1-16(2)30-22-12-11-19(25)14-21(22)24(29)27-20-10-6-9-18(13-20)23(28)26-15-17-7-4-3-5-8-17/h3-14,16H,15H2,1-2H3,(H,26,28)(H,27,29). The summed E-state index contributed by atoms with van der Waals surface area (Å²) in [4.78, 5) is 25.3. The Labute approximate surface area is 184 Å². The van der Waals surface area contributed by atoms with E-state index in [1.807, 2.05) is 50.2 Å². The van der Waals surface area contributed by atoms with Crippen LogP contribution in [-0.4, -0.2) is 17.9 Å². The van der Waals surface area contributed by atoms with E-state index in [1.165, 1.54) is 0 Å². The molecular weight excluding hydrogens is 444 g/mol. The molecule has 3 aromatic carbocycles. The molecule has 2 amide bonds. The van der Waals surface area contributed by atoms with Crippen molar-refractivity contribution in [3.05, 3.63) is 94.0 Å². The second-order valence-electron chi connectivity index (χ2n) is 7.01. The van der Waals surface area contributed by atoms with Crippen LogP contribution in [0.15, 0.2) is 77.3 Å². The third-order valence-corrected chi connectivity index (χ3v) is 4.72. The van der Waals surface area contributed by atoms with Gasteiger partial charge in [0.15, 0.2) is 0 Å². The maximum absolute atomic E-state index is 12.8. The molecule has 3 aromatic rings. The summed E-state index contributed by atoms with van der Waals surface area (Å²) in [7, 11) is 0. The third kappa shape index (κ3) is 5.94. The number of hydrogen-bond donors (Lipinski definition) is 2. The molecule has 5 nitrogen and oxygen atoms in total. The molecule has 0 aromatic heterocycles. The first-order valence-corrected chi connectivity index (χ1v) is 10.4. The Balaban J connectivity index is 1.71. The van der Waals surface area contributed by atoms with E-state index in [2.05, 4.69) is 26.6 Å². The lowest BCUT2D eigenvalue weighted by Gasteiger charge is -2.15. The van der Waals surface area contributed by atoms with E-state index in [0.717, 1.165) is 10.0 Å². The van der Waals surface area contributed by atoms with Crippen LogP contribution in [0, 0.1) is 0 Å². The smallest absolute Gasteiger partial charge is 0.259 e. The summed E-state index contributed by atoms with van der Waals surface area (Å²) in [6, 6.07) is 21.8. The summed E-state index contributed by atoms with van der Waals surface area (Å²) in [5, 5.41) is 5.74. The van der Waals surface area contributed by atoms with Gasteiger partial charge in [0.25, 0.3) is 11.8 Å². The van der Waals surface area contributed by atoms with Crippen molar-refractivity contribution in [1.82, 2.24) is 5.32 Å². The largest absolute Gasteiger partial charge is 0.490 e. The van der Waals surface area contributed by atoms with E-state index >= 15 is 0 Å². The predicted octanol–water partition coefficient (Wildman–Crippen LogP) is 5.42. The Kier molecular flexibility index (Phi) is 7.25. The lowest BCUT2D eigenvalue weighted by Crippen LogP contribution is -2.23. The number of carbonyl (C=O) groups is 2. The molecule has 0 heterocycles. The van der Waals surface area contributed by atoms with Crippen molar-refractivity contribution in [3.63, 3.8) is 0 Å². The predicted molar refractivity (Wildman–Crippen MR) is 122 cm³/mol. The quantitative estimate of drug-likeness (QED) is 0.488. The van der Waals surface area contributed by atoms with Crippen molar-refractivity contribution < 1.29 is 14.3 Å². The van der Waals surface area contributed by atoms with E-state index in [-0.39, 0.29) is 17.9 Å². The minimum absolute atomic E-state index is 0.0608. The number of hydrogen-bond acceptors (Lipinski definition) is 3. The van der Waals surface area contributed by atoms with E-state index in [4.69, 9.17) is 4.74 Å². The van der Waals surface area contributed by atoms with E-state index < -0.39 is 0 Å². The van der Waals surface area contributed by atoms with Gasteiger partial charge in [0.1, 0.15) is 5.75 Å². The van der Waals surface area contributed by atoms with Gasteiger partial charge in [-0.25, -0.2) is 0 Å². The van der Waals surface area contributed by atoms with Crippen molar-refractivity contribution in [1.29, 1.82) is 0 Å². The van der Waals surface area contributed by atoms with Crippen LogP contribution in [0.4, 0.5) is 5.69 Å². The molecule has 0 aliphatic heterocycles. The van der Waals surface area contributed by atoms with Crippen LogP contribution in [0.25, 0.3) is 0 Å². The first kappa shape index (κ1) is 21.6. The molecule has 0 spiro atoms. The molecule has 0 atom stereocenters. The SMILES string of the molecule is CC(C)Oc1ccc(Br)cc1C(=O)Nc1cccc(C(=O)NCc2ccccc2)c1. The van der Waals surface area contributed by atoms with Crippen molar-refractivity contribution in [3.8, 4) is 5.75 Å². The van der Waals surface area contributed by atoms with Crippen LogP contribution in [-0.2, 0) is 6.54 Å². The third-order valence-electron chi connectivity index (χ3n) is 4.23. The highest BCUT2D eigenvalue weighted by molar-refractivity contribution is 9.10. The van der Waals surface area contributed by atoms with E-state index in [1.54, 1.807) is 36.4 Å². The summed E-state index contributed by atoms with van der Waals surface area (Å²) in [5.41, 5.74) is 2.43. The van der Waals surface area contributed by atoms with Gasteiger partial charge in [0.2, 0.25) is 0 Å². The number of nitrogens with one attached hydrogen (secondary N) is 2. The van der Waals surface area contributed by atoms with Gasteiger partial charge in [-0.2, -0.15) is 0 Å². The van der Waals surface area contributed by atoms with Crippen molar-refractivity contribution in [2.45, 2.75) is 26.5 Å². The summed E-state index contributed by atoms with van der Waals surface area (Å²) >= 11 is 3.39. The van der Waals surface area contributed by atoms with Crippen LogP contribution >= 0.6 is 15.9 Å². The Morgan fingerprint density at radius 3 is 2.43 bits per heavy atom. The molecule has 30 heavy (non-hydrogen) atoms. The molecule has 2 N–H and O–H groups in total. The number of benzene rings is 3. The highest BCUT2D eigenvalue weighted by Gasteiger charge is 2.15. The number of amides is 2. The molecule has 0 saturated heterocycles. The number of anilines is 1. The zero-order chi connectivity index (χ0) is 21.5. The Hall–Kier alpha value is -3.12. The minimum atomic E-state index is -0.311. The monoisotopic (exact) mass is 466 g/mol. The van der Waals surface area contributed by atoms with Gasteiger partial charge in [0.05, 0.1) is 11.7 Å². The van der Waals surface area contributed by atoms with Gasteiger partial charge in [-0.1, -0.05) is 52.3 Å². The average molecular weight is 467 g/mol. The number of halogens is 1. The van der Waals surface area contributed by atoms with E-state index in [0.29, 0.717) is 29.1 Å². The number of carbonyl (C=O) groups excluding carboxylic acids is 2. The molecule has 6 heteroatoms. The molecule has 3 rings (SSSR count). The first-order chi connectivity index (χ1) is 14.4. The van der Waals surface area contributed by atoms with Crippen LogP contribution in [0.1, 0.15) is 40.1 Å². The summed E-state index contributed by atoms with van der Waals surface area (Å²) in [5.74, 6) is -0.0162. The highest BCUT2D eigenvalue weighted by Crippen LogP contribution is 2.25. The zero-order valence-corrected chi connectivity index (χ0v) is 18.4. The number of rotatable bonds is 7. The molecule has 0 fully saturated rings. The van der Waals surface area contributed by atoms with Crippen LogP contribution in [0.2, 0.25) is 0 Å². The van der Waals surface area contributed by atoms with Crippen molar-refractivity contribution in [2.75, 3.05) is 5.32 Å². The molecule has 0 unspecified atom stereocenters. The van der Waals surface area contributed by atoms with Gasteiger partial charge in [-0.05, 0) is 55.8 Å². The fourth-order valence-electron chi connectivity index (χ4n) is 2.85. The second-order valence-corrected chi connectivity index (χ2v) is 7.93. The van der Waals surface area contributed by atoms with Crippen LogP contribution in [0.3, 0.4) is 0 Å². The van der Waals surface area contributed by atoms with Crippen LogP contribution < -0.4 is 15.4 Å². The van der Waals surface area contributed by atoms with Crippen molar-refractivity contribution >= 4 is 33.4 Å². The summed E-state index contributed by atoms with van der Waals surface area (Å²) < 4.78 is 6.53.